The van der Waals surface area contributed by atoms with Crippen LogP contribution in [0.25, 0.3) is 0 Å². The molecule has 116 valence electrons. The van der Waals surface area contributed by atoms with E-state index in [2.05, 4.69) is 21.2 Å². The third-order valence-electron chi connectivity index (χ3n) is 3.28. The molecule has 1 aromatic carbocycles. The summed E-state index contributed by atoms with van der Waals surface area (Å²) in [6, 6.07) is 4.23. The first-order valence-corrected chi connectivity index (χ1v) is 8.85. The Kier molecular flexibility index (Phi) is 5.03. The maximum absolute atomic E-state index is 12.2. The quantitative estimate of drug-likeness (QED) is 0.832. The SMILES string of the molecule is CC1CC(NC(=O)c2cc(Br)cc(S(N)(=O)=O)c2)CCO1. The van der Waals surface area contributed by atoms with E-state index in [1.807, 2.05) is 6.92 Å². The van der Waals surface area contributed by atoms with E-state index in [4.69, 9.17) is 9.88 Å². The highest BCUT2D eigenvalue weighted by molar-refractivity contribution is 9.10. The average molecular weight is 377 g/mol. The molecule has 1 aliphatic heterocycles. The van der Waals surface area contributed by atoms with Gasteiger partial charge in [0, 0.05) is 22.7 Å². The van der Waals surface area contributed by atoms with Gasteiger partial charge in [-0.3, -0.25) is 4.79 Å². The Morgan fingerprint density at radius 3 is 2.76 bits per heavy atom. The van der Waals surface area contributed by atoms with Crippen molar-refractivity contribution in [3.05, 3.63) is 28.2 Å². The summed E-state index contributed by atoms with van der Waals surface area (Å²) in [5.41, 5.74) is 0.257. The molecule has 2 rings (SSSR count). The summed E-state index contributed by atoms with van der Waals surface area (Å²) in [7, 11) is -3.85. The molecule has 1 fully saturated rings. The van der Waals surface area contributed by atoms with Crippen LogP contribution in [0.4, 0.5) is 0 Å². The van der Waals surface area contributed by atoms with Crippen LogP contribution in [0.5, 0.6) is 0 Å². The topological polar surface area (TPSA) is 98.5 Å². The normalized spacial score (nSPS) is 22.8. The number of sulfonamides is 1. The zero-order chi connectivity index (χ0) is 15.6. The minimum absolute atomic E-state index is 0.0261. The van der Waals surface area contributed by atoms with Crippen molar-refractivity contribution in [3.8, 4) is 0 Å². The van der Waals surface area contributed by atoms with Gasteiger partial charge in [0.05, 0.1) is 11.0 Å². The summed E-state index contributed by atoms with van der Waals surface area (Å²) in [5.74, 6) is -0.319. The standard InChI is InChI=1S/C13H17BrN2O4S/c1-8-4-11(2-3-20-8)16-13(17)9-5-10(14)7-12(6-9)21(15,18)19/h5-8,11H,2-4H2,1H3,(H,16,17)(H2,15,18,19). The Labute approximate surface area is 132 Å². The fraction of sp³-hybridized carbons (Fsp3) is 0.462. The van der Waals surface area contributed by atoms with Crippen molar-refractivity contribution in [2.75, 3.05) is 6.61 Å². The van der Waals surface area contributed by atoms with Gasteiger partial charge in [0.25, 0.3) is 5.91 Å². The zero-order valence-electron chi connectivity index (χ0n) is 11.5. The fourth-order valence-electron chi connectivity index (χ4n) is 2.26. The van der Waals surface area contributed by atoms with Gasteiger partial charge in [0.15, 0.2) is 0 Å². The minimum atomic E-state index is -3.85. The number of nitrogens with two attached hydrogens (primary N) is 1. The van der Waals surface area contributed by atoms with E-state index in [0.29, 0.717) is 11.1 Å². The highest BCUT2D eigenvalue weighted by Crippen LogP contribution is 2.20. The number of nitrogens with one attached hydrogen (secondary N) is 1. The Morgan fingerprint density at radius 1 is 1.43 bits per heavy atom. The predicted molar refractivity (Wildman–Crippen MR) is 81.4 cm³/mol. The summed E-state index contributed by atoms with van der Waals surface area (Å²) in [6.45, 7) is 2.56. The Balaban J connectivity index is 2.17. The number of carbonyl (C=O) groups excluding carboxylic acids is 1. The van der Waals surface area contributed by atoms with E-state index in [1.165, 1.54) is 12.1 Å². The zero-order valence-corrected chi connectivity index (χ0v) is 13.9. The van der Waals surface area contributed by atoms with Crippen LogP contribution in [0.15, 0.2) is 27.6 Å². The van der Waals surface area contributed by atoms with E-state index < -0.39 is 10.0 Å². The molecule has 0 aromatic heterocycles. The maximum Gasteiger partial charge on any atom is 0.251 e. The molecule has 3 N–H and O–H groups in total. The predicted octanol–water partition coefficient (Wildman–Crippen LogP) is 1.39. The molecule has 21 heavy (non-hydrogen) atoms. The summed E-state index contributed by atoms with van der Waals surface area (Å²) < 4.78 is 28.7. The lowest BCUT2D eigenvalue weighted by atomic mass is 10.0. The van der Waals surface area contributed by atoms with Gasteiger partial charge in [0.1, 0.15) is 0 Å². The molecule has 1 aromatic rings. The monoisotopic (exact) mass is 376 g/mol. The van der Waals surface area contributed by atoms with Crippen LogP contribution in [0.2, 0.25) is 0 Å². The lowest BCUT2D eigenvalue weighted by molar-refractivity contribution is 0.0136. The number of amides is 1. The number of hydrogen-bond donors (Lipinski definition) is 2. The molecule has 1 amide bonds. The molecular weight excluding hydrogens is 360 g/mol. The number of hydrogen-bond acceptors (Lipinski definition) is 4. The lowest BCUT2D eigenvalue weighted by Gasteiger charge is -2.28. The van der Waals surface area contributed by atoms with Crippen LogP contribution < -0.4 is 10.5 Å². The van der Waals surface area contributed by atoms with E-state index in [9.17, 15) is 13.2 Å². The van der Waals surface area contributed by atoms with Crippen LogP contribution >= 0.6 is 15.9 Å². The van der Waals surface area contributed by atoms with Crippen LogP contribution in [0.3, 0.4) is 0 Å². The van der Waals surface area contributed by atoms with Crippen molar-refractivity contribution in [1.82, 2.24) is 5.32 Å². The third kappa shape index (κ3) is 4.50. The first kappa shape index (κ1) is 16.4. The van der Waals surface area contributed by atoms with Crippen LogP contribution in [-0.4, -0.2) is 33.1 Å². The number of primary sulfonamides is 1. The molecule has 0 aliphatic carbocycles. The third-order valence-corrected chi connectivity index (χ3v) is 4.63. The summed E-state index contributed by atoms with van der Waals surface area (Å²) in [5, 5.41) is 8.00. The second-order valence-corrected chi connectivity index (χ2v) is 7.57. The average Bonchev–Trinajstić information content (AvgIpc) is 2.37. The summed E-state index contributed by atoms with van der Waals surface area (Å²) in [6.07, 6.45) is 1.58. The first-order valence-electron chi connectivity index (χ1n) is 6.51. The van der Waals surface area contributed by atoms with Gasteiger partial charge in [-0.2, -0.15) is 0 Å². The molecule has 1 saturated heterocycles. The molecule has 2 atom stereocenters. The van der Waals surface area contributed by atoms with Crippen molar-refractivity contribution in [2.24, 2.45) is 5.14 Å². The fourth-order valence-corrected chi connectivity index (χ4v) is 3.48. The number of halogens is 1. The van der Waals surface area contributed by atoms with Gasteiger partial charge in [-0.15, -0.1) is 0 Å². The summed E-state index contributed by atoms with van der Waals surface area (Å²) >= 11 is 3.19. The van der Waals surface area contributed by atoms with E-state index in [0.717, 1.165) is 12.8 Å². The smallest absolute Gasteiger partial charge is 0.251 e. The van der Waals surface area contributed by atoms with Crippen molar-refractivity contribution in [3.63, 3.8) is 0 Å². The molecule has 1 heterocycles. The van der Waals surface area contributed by atoms with Crippen molar-refractivity contribution < 1.29 is 17.9 Å². The van der Waals surface area contributed by atoms with E-state index in [-0.39, 0.29) is 28.5 Å². The number of carbonyl (C=O) groups is 1. The lowest BCUT2D eigenvalue weighted by Crippen LogP contribution is -2.41. The number of ether oxygens (including phenoxy) is 1. The van der Waals surface area contributed by atoms with Crippen LogP contribution in [-0.2, 0) is 14.8 Å². The summed E-state index contributed by atoms with van der Waals surface area (Å²) in [4.78, 5) is 12.1. The second-order valence-electron chi connectivity index (χ2n) is 5.10. The highest BCUT2D eigenvalue weighted by Gasteiger charge is 2.22. The van der Waals surface area contributed by atoms with Gasteiger partial charge in [-0.05, 0) is 38.0 Å². The second kappa shape index (κ2) is 6.43. The Bertz CT molecular complexity index is 648. The first-order chi connectivity index (χ1) is 9.75. The highest BCUT2D eigenvalue weighted by atomic mass is 79.9. The molecule has 2 unspecified atom stereocenters. The van der Waals surface area contributed by atoms with Crippen LogP contribution in [0.1, 0.15) is 30.1 Å². The molecule has 0 spiro atoms. The molecule has 0 bridgehead atoms. The van der Waals surface area contributed by atoms with Crippen molar-refractivity contribution >= 4 is 31.9 Å². The number of rotatable bonds is 3. The minimum Gasteiger partial charge on any atom is -0.378 e. The van der Waals surface area contributed by atoms with Gasteiger partial charge >= 0.3 is 0 Å². The van der Waals surface area contributed by atoms with Gasteiger partial charge in [-0.25, -0.2) is 13.6 Å². The van der Waals surface area contributed by atoms with Crippen molar-refractivity contribution in [1.29, 1.82) is 0 Å². The Hall–Kier alpha value is -0.960. The number of benzene rings is 1. The van der Waals surface area contributed by atoms with Gasteiger partial charge < -0.3 is 10.1 Å². The molecule has 1 aliphatic rings. The molecule has 8 heteroatoms. The largest absolute Gasteiger partial charge is 0.378 e. The van der Waals surface area contributed by atoms with Gasteiger partial charge in [0.2, 0.25) is 10.0 Å². The van der Waals surface area contributed by atoms with E-state index in [1.54, 1.807) is 6.07 Å². The van der Waals surface area contributed by atoms with E-state index >= 15 is 0 Å². The maximum atomic E-state index is 12.2. The van der Waals surface area contributed by atoms with Crippen molar-refractivity contribution in [2.45, 2.75) is 36.8 Å². The molecule has 6 nitrogen and oxygen atoms in total. The molecule has 0 saturated carbocycles. The van der Waals surface area contributed by atoms with Gasteiger partial charge in [-0.1, -0.05) is 15.9 Å². The Morgan fingerprint density at radius 2 is 2.14 bits per heavy atom. The molecular formula is C13H17BrN2O4S. The molecule has 0 radical (unpaired) electrons. The van der Waals surface area contributed by atoms with Crippen LogP contribution in [0, 0.1) is 0 Å².